The molecule has 4 rings (SSSR count). The summed E-state index contributed by atoms with van der Waals surface area (Å²) in [6.07, 6.45) is 13.9. The third-order valence-corrected chi connectivity index (χ3v) is 11.9. The van der Waals surface area contributed by atoms with Gasteiger partial charge >= 0.3 is 0 Å². The molecule has 9 atom stereocenters. The Morgan fingerprint density at radius 3 is 2.52 bits per heavy atom. The van der Waals surface area contributed by atoms with E-state index < -0.39 is 15.9 Å². The quantitative estimate of drug-likeness (QED) is 0.457. The van der Waals surface area contributed by atoms with E-state index in [4.69, 9.17) is 4.55 Å². The van der Waals surface area contributed by atoms with Crippen LogP contribution in [0.5, 0.6) is 0 Å². The summed E-state index contributed by atoms with van der Waals surface area (Å²) in [5.74, 6) is 5.07. The van der Waals surface area contributed by atoms with Gasteiger partial charge in [0.1, 0.15) is 0 Å². The second-order valence-corrected chi connectivity index (χ2v) is 14.4. The number of amides is 1. The molecular formula is C27H47NO4S. The molecule has 0 saturated heterocycles. The van der Waals surface area contributed by atoms with Crippen LogP contribution in [0.15, 0.2) is 0 Å². The van der Waals surface area contributed by atoms with Crippen molar-refractivity contribution in [3.05, 3.63) is 0 Å². The van der Waals surface area contributed by atoms with Gasteiger partial charge in [-0.1, -0.05) is 40.5 Å². The molecule has 4 aliphatic rings. The molecule has 2 N–H and O–H groups in total. The largest absolute Gasteiger partial charge is 0.355 e. The van der Waals surface area contributed by atoms with Gasteiger partial charge in [0.2, 0.25) is 5.91 Å². The van der Waals surface area contributed by atoms with Gasteiger partial charge in [0, 0.05) is 13.0 Å². The monoisotopic (exact) mass is 481 g/mol. The molecule has 4 fully saturated rings. The highest BCUT2D eigenvalue weighted by Crippen LogP contribution is 2.69. The maximum Gasteiger partial charge on any atom is 0.266 e. The predicted octanol–water partition coefficient (Wildman–Crippen LogP) is 5.70. The molecule has 0 bridgehead atoms. The van der Waals surface area contributed by atoms with Gasteiger partial charge in [-0.25, -0.2) is 0 Å². The Labute approximate surface area is 202 Å². The summed E-state index contributed by atoms with van der Waals surface area (Å²) in [5.41, 5.74) is 0.967. The Morgan fingerprint density at radius 2 is 1.79 bits per heavy atom. The highest BCUT2D eigenvalue weighted by molar-refractivity contribution is 7.85. The normalized spacial score (nSPS) is 43.8. The fraction of sp³-hybridized carbons (Fsp3) is 0.963. The molecule has 0 aliphatic heterocycles. The fourth-order valence-electron chi connectivity index (χ4n) is 9.61. The lowest BCUT2D eigenvalue weighted by Crippen LogP contribution is -2.55. The minimum Gasteiger partial charge on any atom is -0.355 e. The van der Waals surface area contributed by atoms with Crippen molar-refractivity contribution in [2.24, 2.45) is 52.3 Å². The predicted molar refractivity (Wildman–Crippen MR) is 132 cm³/mol. The number of nitrogens with one attached hydrogen (secondary N) is 1. The van der Waals surface area contributed by atoms with Gasteiger partial charge in [-0.2, -0.15) is 8.42 Å². The first-order chi connectivity index (χ1) is 15.5. The van der Waals surface area contributed by atoms with Gasteiger partial charge in [0.25, 0.3) is 10.1 Å². The minimum atomic E-state index is -4.03. The Bertz CT molecular complexity index is 828. The number of rotatable bonds is 7. The molecule has 0 aromatic heterocycles. The molecule has 0 spiro atoms. The van der Waals surface area contributed by atoms with Gasteiger partial charge in [0.15, 0.2) is 0 Å². The summed E-state index contributed by atoms with van der Waals surface area (Å²) in [6.45, 7) is 10.1. The number of carbonyl (C=O) groups is 1. The van der Waals surface area contributed by atoms with Crippen molar-refractivity contribution in [3.63, 3.8) is 0 Å². The van der Waals surface area contributed by atoms with Crippen LogP contribution in [0.1, 0.15) is 98.3 Å². The number of carbonyl (C=O) groups excluding carboxylic acids is 1. The summed E-state index contributed by atoms with van der Waals surface area (Å²) < 4.78 is 30.5. The average Bonchev–Trinajstić information content (AvgIpc) is 3.08. The van der Waals surface area contributed by atoms with Crippen LogP contribution < -0.4 is 5.32 Å². The van der Waals surface area contributed by atoms with Crippen molar-refractivity contribution in [1.82, 2.24) is 5.32 Å². The second-order valence-electron chi connectivity index (χ2n) is 12.8. The number of hydrogen-bond acceptors (Lipinski definition) is 3. The molecular weight excluding hydrogens is 434 g/mol. The standard InChI is InChI=1S/C27H47NO4S/c1-18(8-11-24(29)28-15-16-33(30,31)32)21-9-10-22-25-19(2)17-20-7-5-6-13-26(20,3)23(25)12-14-27(21,22)4/h18-23,25H,5-17H2,1-4H3,(H,28,29)(H,30,31,32)/t18-,19+,20+,21-,22+,23+,25+,26+,27-/m1/s1. The van der Waals surface area contributed by atoms with Gasteiger partial charge in [-0.3, -0.25) is 9.35 Å². The third kappa shape index (κ3) is 4.90. The molecule has 6 heteroatoms. The van der Waals surface area contributed by atoms with Crippen LogP contribution in [-0.2, 0) is 14.9 Å². The van der Waals surface area contributed by atoms with Crippen molar-refractivity contribution in [2.45, 2.75) is 98.3 Å². The van der Waals surface area contributed by atoms with Crippen LogP contribution in [0.4, 0.5) is 0 Å². The second kappa shape index (κ2) is 9.44. The third-order valence-electron chi connectivity index (χ3n) is 11.2. The van der Waals surface area contributed by atoms with Crippen molar-refractivity contribution in [2.75, 3.05) is 12.3 Å². The van der Waals surface area contributed by atoms with Gasteiger partial charge in [-0.05, 0) is 104 Å². The topological polar surface area (TPSA) is 83.5 Å². The molecule has 33 heavy (non-hydrogen) atoms. The first-order valence-corrected chi connectivity index (χ1v) is 15.3. The van der Waals surface area contributed by atoms with E-state index in [2.05, 4.69) is 33.0 Å². The summed E-state index contributed by atoms with van der Waals surface area (Å²) >= 11 is 0. The van der Waals surface area contributed by atoms with E-state index >= 15 is 0 Å². The van der Waals surface area contributed by atoms with E-state index in [9.17, 15) is 13.2 Å². The van der Waals surface area contributed by atoms with Crippen LogP contribution >= 0.6 is 0 Å². The Kier molecular flexibility index (Phi) is 7.29. The van der Waals surface area contributed by atoms with E-state index in [1.165, 1.54) is 57.8 Å². The highest BCUT2D eigenvalue weighted by atomic mass is 32.2. The summed E-state index contributed by atoms with van der Waals surface area (Å²) in [6, 6.07) is 0. The maximum absolute atomic E-state index is 12.2. The van der Waals surface area contributed by atoms with Crippen LogP contribution in [0, 0.1) is 52.3 Å². The Morgan fingerprint density at radius 1 is 1.06 bits per heavy atom. The number of fused-ring (bicyclic) bond motifs is 5. The fourth-order valence-corrected chi connectivity index (χ4v) is 9.97. The van der Waals surface area contributed by atoms with Gasteiger partial charge in [0.05, 0.1) is 5.75 Å². The van der Waals surface area contributed by atoms with E-state index in [1.807, 2.05) is 0 Å². The molecule has 1 amide bonds. The van der Waals surface area contributed by atoms with E-state index in [-0.39, 0.29) is 12.5 Å². The van der Waals surface area contributed by atoms with Crippen molar-refractivity contribution in [3.8, 4) is 0 Å². The van der Waals surface area contributed by atoms with E-state index in [1.54, 1.807) is 0 Å². The summed E-state index contributed by atoms with van der Waals surface area (Å²) in [4.78, 5) is 12.2. The van der Waals surface area contributed by atoms with Crippen LogP contribution in [0.25, 0.3) is 0 Å². The molecule has 0 heterocycles. The Balaban J connectivity index is 1.38. The lowest BCUT2D eigenvalue weighted by Gasteiger charge is -2.62. The molecule has 5 nitrogen and oxygen atoms in total. The lowest BCUT2D eigenvalue weighted by atomic mass is 9.42. The Hall–Kier alpha value is -0.620. The van der Waals surface area contributed by atoms with Crippen molar-refractivity contribution in [1.29, 1.82) is 0 Å². The van der Waals surface area contributed by atoms with Crippen LogP contribution in [0.2, 0.25) is 0 Å². The van der Waals surface area contributed by atoms with Gasteiger partial charge in [-0.15, -0.1) is 0 Å². The molecule has 4 aliphatic carbocycles. The molecule has 0 radical (unpaired) electrons. The zero-order chi connectivity index (χ0) is 24.0. The van der Waals surface area contributed by atoms with Crippen LogP contribution in [-0.4, -0.2) is 31.2 Å². The zero-order valence-corrected chi connectivity index (χ0v) is 22.1. The summed E-state index contributed by atoms with van der Waals surface area (Å²) in [7, 11) is -4.03. The molecule has 190 valence electrons. The van der Waals surface area contributed by atoms with E-state index in [0.717, 1.165) is 36.0 Å². The molecule has 0 unspecified atom stereocenters. The smallest absolute Gasteiger partial charge is 0.266 e. The van der Waals surface area contributed by atoms with Crippen molar-refractivity contribution >= 4 is 16.0 Å². The lowest BCUT2D eigenvalue weighted by molar-refractivity contribution is -0.137. The van der Waals surface area contributed by atoms with Crippen molar-refractivity contribution < 1.29 is 17.8 Å². The van der Waals surface area contributed by atoms with E-state index in [0.29, 0.717) is 29.1 Å². The maximum atomic E-state index is 12.2. The average molecular weight is 482 g/mol. The SMILES string of the molecule is C[C@H](CCC(=O)NCCS(=O)(=O)O)[C@H]1CC[C@H]2[C@@H]3[C@@H](C)C[C@@H]4CCCC[C@]4(C)[C@H]3CC[C@]12C. The minimum absolute atomic E-state index is 0.0179. The first-order valence-electron chi connectivity index (χ1n) is 13.7. The summed E-state index contributed by atoms with van der Waals surface area (Å²) in [5, 5.41) is 2.65. The molecule has 0 aromatic rings. The zero-order valence-electron chi connectivity index (χ0n) is 21.3. The van der Waals surface area contributed by atoms with Gasteiger partial charge < -0.3 is 5.32 Å². The highest BCUT2D eigenvalue weighted by Gasteiger charge is 2.61. The molecule has 0 aromatic carbocycles. The number of hydrogen-bond donors (Lipinski definition) is 2. The molecule has 4 saturated carbocycles. The first kappa shape index (κ1) is 25.5. The van der Waals surface area contributed by atoms with Crippen LogP contribution in [0.3, 0.4) is 0 Å².